The highest BCUT2D eigenvalue weighted by Gasteiger charge is 2.16. The molecule has 0 N–H and O–H groups in total. The normalized spacial score (nSPS) is 15.7. The molecule has 3 rings (SSSR count). The van der Waals surface area contributed by atoms with Crippen molar-refractivity contribution < 1.29 is 4.74 Å². The van der Waals surface area contributed by atoms with E-state index in [0.717, 1.165) is 38.4 Å². The van der Waals surface area contributed by atoms with Crippen LogP contribution in [0, 0.1) is 0 Å². The molecule has 0 spiro atoms. The Labute approximate surface area is 152 Å². The summed E-state index contributed by atoms with van der Waals surface area (Å²) in [4.78, 5) is 19.5. The van der Waals surface area contributed by atoms with E-state index >= 15 is 0 Å². The van der Waals surface area contributed by atoms with E-state index < -0.39 is 0 Å². The second-order valence-corrected chi connectivity index (χ2v) is 6.90. The molecule has 1 aliphatic heterocycles. The maximum absolute atomic E-state index is 12.7. The van der Waals surface area contributed by atoms with Crippen molar-refractivity contribution in [1.29, 1.82) is 0 Å². The lowest BCUT2D eigenvalue weighted by Crippen LogP contribution is -2.40. The zero-order valence-corrected chi connectivity index (χ0v) is 15.4. The SMILES string of the molecule is CC(C)c1nc(-c2ccc(Cl)cc2)nn(CCN2CCOCC2)c1=O. The molecule has 2 heterocycles. The summed E-state index contributed by atoms with van der Waals surface area (Å²) in [6.07, 6.45) is 0. The summed E-state index contributed by atoms with van der Waals surface area (Å²) < 4.78 is 6.91. The van der Waals surface area contributed by atoms with Gasteiger partial charge in [-0.15, -0.1) is 5.10 Å². The van der Waals surface area contributed by atoms with Crippen molar-refractivity contribution in [2.75, 3.05) is 32.8 Å². The van der Waals surface area contributed by atoms with Crippen molar-refractivity contribution in [2.24, 2.45) is 0 Å². The smallest absolute Gasteiger partial charge is 0.288 e. The molecule has 0 saturated carbocycles. The third-order valence-corrected chi connectivity index (χ3v) is 4.53. The number of benzene rings is 1. The van der Waals surface area contributed by atoms with Gasteiger partial charge < -0.3 is 4.74 Å². The predicted molar refractivity (Wildman–Crippen MR) is 98.1 cm³/mol. The van der Waals surface area contributed by atoms with Gasteiger partial charge >= 0.3 is 0 Å². The Morgan fingerprint density at radius 3 is 2.48 bits per heavy atom. The highest BCUT2D eigenvalue weighted by Crippen LogP contribution is 2.18. The number of halogens is 1. The Balaban J connectivity index is 1.90. The third kappa shape index (κ3) is 4.45. The lowest BCUT2D eigenvalue weighted by molar-refractivity contribution is 0.0357. The minimum atomic E-state index is -0.110. The average Bonchev–Trinajstić information content (AvgIpc) is 2.62. The summed E-state index contributed by atoms with van der Waals surface area (Å²) in [6.45, 7) is 8.53. The van der Waals surface area contributed by atoms with Crippen molar-refractivity contribution in [1.82, 2.24) is 19.7 Å². The topological polar surface area (TPSA) is 60.3 Å². The van der Waals surface area contributed by atoms with Gasteiger partial charge in [-0.3, -0.25) is 9.69 Å². The molecule has 25 heavy (non-hydrogen) atoms. The molecule has 1 saturated heterocycles. The first-order chi connectivity index (χ1) is 12.0. The lowest BCUT2D eigenvalue weighted by Gasteiger charge is -2.26. The maximum Gasteiger partial charge on any atom is 0.288 e. The van der Waals surface area contributed by atoms with Gasteiger partial charge in [0.1, 0.15) is 5.69 Å². The summed E-state index contributed by atoms with van der Waals surface area (Å²) in [7, 11) is 0. The zero-order chi connectivity index (χ0) is 17.8. The number of rotatable bonds is 5. The van der Waals surface area contributed by atoms with E-state index in [0.29, 0.717) is 23.1 Å². The molecule has 0 amide bonds. The number of hydrogen-bond donors (Lipinski definition) is 0. The number of aromatic nitrogens is 3. The van der Waals surface area contributed by atoms with Crippen LogP contribution in [-0.4, -0.2) is 52.5 Å². The predicted octanol–water partition coefficient (Wildman–Crippen LogP) is 2.41. The van der Waals surface area contributed by atoms with Crippen LogP contribution < -0.4 is 5.56 Å². The summed E-state index contributed by atoms with van der Waals surface area (Å²) in [6, 6.07) is 7.36. The molecule has 134 valence electrons. The molecular formula is C18H23ClN4O2. The monoisotopic (exact) mass is 362 g/mol. The van der Waals surface area contributed by atoms with Gasteiger partial charge in [-0.2, -0.15) is 0 Å². The van der Waals surface area contributed by atoms with E-state index in [1.54, 1.807) is 16.8 Å². The molecule has 0 unspecified atom stereocenters. The van der Waals surface area contributed by atoms with E-state index in [2.05, 4.69) is 15.0 Å². The first-order valence-corrected chi connectivity index (χ1v) is 8.97. The van der Waals surface area contributed by atoms with Crippen LogP contribution in [0.3, 0.4) is 0 Å². The van der Waals surface area contributed by atoms with E-state index in [1.165, 1.54) is 0 Å². The Morgan fingerprint density at radius 2 is 1.84 bits per heavy atom. The van der Waals surface area contributed by atoms with Gasteiger partial charge in [0.25, 0.3) is 5.56 Å². The molecule has 2 aromatic rings. The Bertz CT molecular complexity index is 768. The molecular weight excluding hydrogens is 340 g/mol. The summed E-state index contributed by atoms with van der Waals surface area (Å²) in [5, 5.41) is 5.15. The van der Waals surface area contributed by atoms with Gasteiger partial charge in [0, 0.05) is 36.1 Å². The maximum atomic E-state index is 12.7. The van der Waals surface area contributed by atoms with Crippen LogP contribution in [0.4, 0.5) is 0 Å². The highest BCUT2D eigenvalue weighted by atomic mass is 35.5. The van der Waals surface area contributed by atoms with Gasteiger partial charge in [-0.05, 0) is 24.3 Å². The fourth-order valence-corrected chi connectivity index (χ4v) is 2.91. The van der Waals surface area contributed by atoms with Crippen molar-refractivity contribution in [2.45, 2.75) is 26.3 Å². The van der Waals surface area contributed by atoms with E-state index in [1.807, 2.05) is 26.0 Å². The molecule has 1 aromatic carbocycles. The molecule has 1 aromatic heterocycles. The molecule has 0 aliphatic carbocycles. The van der Waals surface area contributed by atoms with Crippen LogP contribution in [0.5, 0.6) is 0 Å². The summed E-state index contributed by atoms with van der Waals surface area (Å²) >= 11 is 5.96. The number of morpholine rings is 1. The van der Waals surface area contributed by atoms with Crippen LogP contribution >= 0.6 is 11.6 Å². The van der Waals surface area contributed by atoms with E-state index in [4.69, 9.17) is 16.3 Å². The molecule has 1 fully saturated rings. The molecule has 7 heteroatoms. The Hall–Kier alpha value is -1.76. The standard InChI is InChI=1S/C18H23ClN4O2/c1-13(2)16-18(24)23(8-7-22-9-11-25-12-10-22)21-17(20-16)14-3-5-15(19)6-4-14/h3-6,13H,7-12H2,1-2H3. The first kappa shape index (κ1) is 18.0. The van der Waals surface area contributed by atoms with Crippen LogP contribution in [0.25, 0.3) is 11.4 Å². The lowest BCUT2D eigenvalue weighted by atomic mass is 10.1. The van der Waals surface area contributed by atoms with Crippen LogP contribution in [-0.2, 0) is 11.3 Å². The molecule has 0 atom stereocenters. The fraction of sp³-hybridized carbons (Fsp3) is 0.500. The minimum Gasteiger partial charge on any atom is -0.379 e. The minimum absolute atomic E-state index is 0.0381. The third-order valence-electron chi connectivity index (χ3n) is 4.28. The number of hydrogen-bond acceptors (Lipinski definition) is 5. The zero-order valence-electron chi connectivity index (χ0n) is 14.6. The first-order valence-electron chi connectivity index (χ1n) is 8.59. The van der Waals surface area contributed by atoms with Crippen molar-refractivity contribution in [3.05, 3.63) is 45.3 Å². The van der Waals surface area contributed by atoms with Crippen molar-refractivity contribution in [3.8, 4) is 11.4 Å². The average molecular weight is 363 g/mol. The van der Waals surface area contributed by atoms with Crippen molar-refractivity contribution >= 4 is 11.6 Å². The molecule has 1 aliphatic rings. The van der Waals surface area contributed by atoms with Gasteiger partial charge in [0.05, 0.1) is 19.8 Å². The summed E-state index contributed by atoms with van der Waals surface area (Å²) in [5.74, 6) is 0.595. The van der Waals surface area contributed by atoms with Crippen LogP contribution in [0.2, 0.25) is 5.02 Å². The highest BCUT2D eigenvalue weighted by molar-refractivity contribution is 6.30. The molecule has 0 radical (unpaired) electrons. The van der Waals surface area contributed by atoms with E-state index in [-0.39, 0.29) is 11.5 Å². The second kappa shape index (κ2) is 8.08. The van der Waals surface area contributed by atoms with Gasteiger partial charge in [-0.1, -0.05) is 25.4 Å². The van der Waals surface area contributed by atoms with Gasteiger partial charge in [0.15, 0.2) is 5.82 Å². The van der Waals surface area contributed by atoms with Gasteiger partial charge in [-0.25, -0.2) is 9.67 Å². The second-order valence-electron chi connectivity index (χ2n) is 6.46. The molecule has 6 nitrogen and oxygen atoms in total. The Morgan fingerprint density at radius 1 is 1.16 bits per heavy atom. The van der Waals surface area contributed by atoms with Crippen LogP contribution in [0.1, 0.15) is 25.5 Å². The van der Waals surface area contributed by atoms with Crippen LogP contribution in [0.15, 0.2) is 29.1 Å². The van der Waals surface area contributed by atoms with Gasteiger partial charge in [0.2, 0.25) is 0 Å². The number of nitrogens with zero attached hydrogens (tertiary/aromatic N) is 4. The Kier molecular flexibility index (Phi) is 5.83. The van der Waals surface area contributed by atoms with E-state index in [9.17, 15) is 4.79 Å². The quantitative estimate of drug-likeness (QED) is 0.817. The van der Waals surface area contributed by atoms with Crippen molar-refractivity contribution in [3.63, 3.8) is 0 Å². The summed E-state index contributed by atoms with van der Waals surface area (Å²) in [5.41, 5.74) is 1.29. The fourth-order valence-electron chi connectivity index (χ4n) is 2.79. The molecule has 0 bridgehead atoms. The number of ether oxygens (including phenoxy) is 1. The largest absolute Gasteiger partial charge is 0.379 e.